The summed E-state index contributed by atoms with van der Waals surface area (Å²) in [4.78, 5) is -0.0435. The molecule has 108 valence electrons. The van der Waals surface area contributed by atoms with E-state index in [1.165, 1.54) is 12.1 Å². The van der Waals surface area contributed by atoms with E-state index in [0.29, 0.717) is 5.69 Å². The number of hydrogen-bond acceptors (Lipinski definition) is 3. The molecular formula is C13H15FN2O3S. The van der Waals surface area contributed by atoms with Crippen molar-refractivity contribution < 1.29 is 17.9 Å². The monoisotopic (exact) mass is 298 g/mol. The SMILES string of the molecule is Cn1cccc1C(O)CNS(=O)(=O)c1ccc(F)cc1. The summed E-state index contributed by atoms with van der Waals surface area (Å²) in [5.74, 6) is -0.507. The van der Waals surface area contributed by atoms with E-state index in [1.54, 1.807) is 29.9 Å². The van der Waals surface area contributed by atoms with E-state index in [1.807, 2.05) is 0 Å². The molecule has 2 rings (SSSR count). The number of aliphatic hydroxyl groups excluding tert-OH is 1. The third-order valence-electron chi connectivity index (χ3n) is 2.92. The maximum atomic E-state index is 12.8. The number of aliphatic hydroxyl groups is 1. The van der Waals surface area contributed by atoms with Gasteiger partial charge in [0.1, 0.15) is 11.9 Å². The van der Waals surface area contributed by atoms with Crippen molar-refractivity contribution in [1.29, 1.82) is 0 Å². The van der Waals surface area contributed by atoms with Crippen LogP contribution in [0.25, 0.3) is 0 Å². The van der Waals surface area contributed by atoms with Gasteiger partial charge in [0.15, 0.2) is 0 Å². The molecule has 1 atom stereocenters. The van der Waals surface area contributed by atoms with E-state index in [0.717, 1.165) is 12.1 Å². The lowest BCUT2D eigenvalue weighted by molar-refractivity contribution is 0.173. The molecule has 1 unspecified atom stereocenters. The molecule has 0 radical (unpaired) electrons. The third-order valence-corrected chi connectivity index (χ3v) is 4.36. The lowest BCUT2D eigenvalue weighted by atomic mass is 10.2. The smallest absolute Gasteiger partial charge is 0.240 e. The summed E-state index contributed by atoms with van der Waals surface area (Å²) >= 11 is 0. The fourth-order valence-corrected chi connectivity index (χ4v) is 2.85. The Morgan fingerprint density at radius 1 is 1.30 bits per heavy atom. The number of benzene rings is 1. The molecule has 20 heavy (non-hydrogen) atoms. The predicted molar refractivity (Wildman–Crippen MR) is 72.0 cm³/mol. The zero-order valence-electron chi connectivity index (χ0n) is 10.8. The van der Waals surface area contributed by atoms with Gasteiger partial charge in [-0.2, -0.15) is 0 Å². The Labute approximate surface area is 116 Å². The molecule has 0 saturated heterocycles. The highest BCUT2D eigenvalue weighted by Crippen LogP contribution is 2.14. The molecule has 1 aromatic heterocycles. The fourth-order valence-electron chi connectivity index (χ4n) is 1.81. The van der Waals surface area contributed by atoms with Gasteiger partial charge in [-0.1, -0.05) is 0 Å². The Kier molecular flexibility index (Phi) is 4.22. The normalized spacial score (nSPS) is 13.3. The predicted octanol–water partition coefficient (Wildman–Crippen LogP) is 1.18. The minimum atomic E-state index is -3.76. The van der Waals surface area contributed by atoms with Gasteiger partial charge in [-0.3, -0.25) is 0 Å². The first-order valence-corrected chi connectivity index (χ1v) is 7.43. The molecule has 1 heterocycles. The minimum Gasteiger partial charge on any atom is -0.386 e. The lowest BCUT2D eigenvalue weighted by Gasteiger charge is -2.13. The number of rotatable bonds is 5. The number of hydrogen-bond donors (Lipinski definition) is 2. The van der Waals surface area contributed by atoms with Crippen molar-refractivity contribution in [2.24, 2.45) is 7.05 Å². The van der Waals surface area contributed by atoms with E-state index in [4.69, 9.17) is 0 Å². The van der Waals surface area contributed by atoms with Crippen molar-refractivity contribution in [2.75, 3.05) is 6.54 Å². The van der Waals surface area contributed by atoms with Crippen LogP contribution in [-0.2, 0) is 17.1 Å². The van der Waals surface area contributed by atoms with Crippen LogP contribution in [0.5, 0.6) is 0 Å². The van der Waals surface area contributed by atoms with Crippen LogP contribution in [0, 0.1) is 5.82 Å². The van der Waals surface area contributed by atoms with Gasteiger partial charge in [-0.15, -0.1) is 0 Å². The van der Waals surface area contributed by atoms with E-state index >= 15 is 0 Å². The number of aromatic nitrogens is 1. The van der Waals surface area contributed by atoms with Gasteiger partial charge in [0.05, 0.1) is 4.90 Å². The Morgan fingerprint density at radius 2 is 1.95 bits per heavy atom. The van der Waals surface area contributed by atoms with Crippen LogP contribution in [0.3, 0.4) is 0 Å². The molecule has 0 aliphatic carbocycles. The van der Waals surface area contributed by atoms with Crippen LogP contribution >= 0.6 is 0 Å². The second-order valence-corrected chi connectivity index (χ2v) is 6.13. The van der Waals surface area contributed by atoms with Crippen LogP contribution in [0.2, 0.25) is 0 Å². The van der Waals surface area contributed by atoms with Gasteiger partial charge in [-0.05, 0) is 36.4 Å². The molecule has 0 amide bonds. The first-order valence-electron chi connectivity index (χ1n) is 5.94. The highest BCUT2D eigenvalue weighted by Gasteiger charge is 2.17. The summed E-state index contributed by atoms with van der Waals surface area (Å²) in [6.07, 6.45) is 0.803. The van der Waals surface area contributed by atoms with Crippen molar-refractivity contribution >= 4 is 10.0 Å². The molecule has 0 fully saturated rings. The van der Waals surface area contributed by atoms with E-state index in [2.05, 4.69) is 4.72 Å². The van der Waals surface area contributed by atoms with Crippen molar-refractivity contribution in [3.8, 4) is 0 Å². The second-order valence-electron chi connectivity index (χ2n) is 4.37. The molecule has 0 saturated carbocycles. The van der Waals surface area contributed by atoms with Crippen molar-refractivity contribution in [3.63, 3.8) is 0 Å². The summed E-state index contributed by atoms with van der Waals surface area (Å²) < 4.78 is 40.7. The first kappa shape index (κ1) is 14.7. The molecule has 2 N–H and O–H groups in total. The van der Waals surface area contributed by atoms with Gasteiger partial charge in [0, 0.05) is 25.5 Å². The zero-order chi connectivity index (χ0) is 14.8. The molecule has 0 aliphatic rings. The Bertz CT molecular complexity index is 680. The van der Waals surface area contributed by atoms with Gasteiger partial charge in [0.25, 0.3) is 0 Å². The Balaban J connectivity index is 2.06. The maximum absolute atomic E-state index is 12.8. The zero-order valence-corrected chi connectivity index (χ0v) is 11.6. The average molecular weight is 298 g/mol. The quantitative estimate of drug-likeness (QED) is 0.870. The number of aryl methyl sites for hydroxylation is 1. The van der Waals surface area contributed by atoms with Crippen LogP contribution in [0.15, 0.2) is 47.5 Å². The first-order chi connectivity index (χ1) is 9.40. The lowest BCUT2D eigenvalue weighted by Crippen LogP contribution is -2.29. The topological polar surface area (TPSA) is 71.3 Å². The molecule has 5 nitrogen and oxygen atoms in total. The maximum Gasteiger partial charge on any atom is 0.240 e. The highest BCUT2D eigenvalue weighted by molar-refractivity contribution is 7.89. The largest absolute Gasteiger partial charge is 0.386 e. The number of halogens is 1. The van der Waals surface area contributed by atoms with Gasteiger partial charge in [0.2, 0.25) is 10.0 Å². The van der Waals surface area contributed by atoms with E-state index < -0.39 is 21.9 Å². The summed E-state index contributed by atoms with van der Waals surface area (Å²) in [7, 11) is -2.00. The van der Waals surface area contributed by atoms with Crippen molar-refractivity contribution in [2.45, 2.75) is 11.0 Å². The van der Waals surface area contributed by atoms with Crippen molar-refractivity contribution in [1.82, 2.24) is 9.29 Å². The molecule has 1 aromatic carbocycles. The van der Waals surface area contributed by atoms with Crippen LogP contribution < -0.4 is 4.72 Å². The minimum absolute atomic E-state index is 0.0435. The molecule has 7 heteroatoms. The average Bonchev–Trinajstić information content (AvgIpc) is 2.83. The van der Waals surface area contributed by atoms with Gasteiger partial charge in [-0.25, -0.2) is 17.5 Å². The summed E-state index contributed by atoms with van der Waals surface area (Å²) in [5.41, 5.74) is 0.604. The van der Waals surface area contributed by atoms with Crippen molar-refractivity contribution in [3.05, 3.63) is 54.1 Å². The van der Waals surface area contributed by atoms with Gasteiger partial charge < -0.3 is 9.67 Å². The molecule has 0 bridgehead atoms. The Hall–Kier alpha value is -1.70. The van der Waals surface area contributed by atoms with Crippen LogP contribution in [-0.4, -0.2) is 24.6 Å². The second kappa shape index (κ2) is 5.74. The fraction of sp³-hybridized carbons (Fsp3) is 0.231. The molecule has 0 aliphatic heterocycles. The van der Waals surface area contributed by atoms with E-state index in [-0.39, 0.29) is 11.4 Å². The van der Waals surface area contributed by atoms with Gasteiger partial charge >= 0.3 is 0 Å². The molecule has 0 spiro atoms. The number of nitrogens with one attached hydrogen (secondary N) is 1. The Morgan fingerprint density at radius 3 is 2.50 bits per heavy atom. The molecular weight excluding hydrogens is 283 g/mol. The summed E-state index contributed by atoms with van der Waals surface area (Å²) in [6, 6.07) is 7.95. The number of sulfonamides is 1. The highest BCUT2D eigenvalue weighted by atomic mass is 32.2. The summed E-state index contributed by atoms with van der Waals surface area (Å²) in [6.45, 7) is -0.155. The number of nitrogens with zero attached hydrogens (tertiary/aromatic N) is 1. The summed E-state index contributed by atoms with van der Waals surface area (Å²) in [5, 5.41) is 9.94. The van der Waals surface area contributed by atoms with Crippen LogP contribution in [0.4, 0.5) is 4.39 Å². The van der Waals surface area contributed by atoms with E-state index in [9.17, 15) is 17.9 Å². The third kappa shape index (κ3) is 3.24. The molecule has 2 aromatic rings. The van der Waals surface area contributed by atoms with Crippen LogP contribution in [0.1, 0.15) is 11.8 Å². The standard InChI is InChI=1S/C13H15FN2O3S/c1-16-8-2-3-12(16)13(17)9-15-20(18,19)11-6-4-10(14)5-7-11/h2-8,13,15,17H,9H2,1H3.